The minimum absolute atomic E-state index is 0.0221. The third-order valence-electron chi connectivity index (χ3n) is 4.57. The van der Waals surface area contributed by atoms with Crippen LogP contribution in [0.2, 0.25) is 0 Å². The zero-order valence-electron chi connectivity index (χ0n) is 17.3. The predicted octanol–water partition coefficient (Wildman–Crippen LogP) is 4.28. The Morgan fingerprint density at radius 3 is 2.42 bits per heavy atom. The summed E-state index contributed by atoms with van der Waals surface area (Å²) in [5, 5.41) is 13.6. The molecule has 1 aromatic heterocycles. The van der Waals surface area contributed by atoms with E-state index in [1.165, 1.54) is 24.3 Å². The van der Waals surface area contributed by atoms with Crippen molar-refractivity contribution >= 4 is 11.6 Å². The van der Waals surface area contributed by atoms with Crippen molar-refractivity contribution < 1.29 is 28.3 Å². The van der Waals surface area contributed by atoms with E-state index >= 15 is 0 Å². The Morgan fingerprint density at radius 1 is 1.06 bits per heavy atom. The number of nitrogens with zero attached hydrogens (tertiary/aromatic N) is 1. The van der Waals surface area contributed by atoms with Crippen molar-refractivity contribution in [2.45, 2.75) is 19.6 Å². The third-order valence-corrected chi connectivity index (χ3v) is 4.57. The summed E-state index contributed by atoms with van der Waals surface area (Å²) in [4.78, 5) is 22.8. The van der Waals surface area contributed by atoms with Gasteiger partial charge in [-0.05, 0) is 49.4 Å². The number of methoxy groups -OCH3 is 2. The minimum Gasteiger partial charge on any atom is -0.497 e. The molecule has 1 unspecified atom stereocenters. The van der Waals surface area contributed by atoms with Crippen molar-refractivity contribution in [3.8, 4) is 17.2 Å². The van der Waals surface area contributed by atoms with Crippen LogP contribution in [0.15, 0.2) is 59.0 Å². The first-order chi connectivity index (χ1) is 14.9. The average molecular weight is 426 g/mol. The van der Waals surface area contributed by atoms with Gasteiger partial charge >= 0.3 is 0 Å². The molecule has 2 aromatic carbocycles. The molecule has 31 heavy (non-hydrogen) atoms. The summed E-state index contributed by atoms with van der Waals surface area (Å²) in [5.74, 6) is 1.92. The van der Waals surface area contributed by atoms with Gasteiger partial charge in [0.25, 0.3) is 11.6 Å². The quantitative estimate of drug-likeness (QED) is 0.401. The van der Waals surface area contributed by atoms with E-state index in [9.17, 15) is 14.9 Å². The highest BCUT2D eigenvalue weighted by Gasteiger charge is 2.18. The summed E-state index contributed by atoms with van der Waals surface area (Å²) in [6.07, 6.45) is 0. The molecule has 0 aliphatic rings. The maximum absolute atomic E-state index is 12.6. The number of non-ortho nitro benzene ring substituents is 1. The number of nitrogens with one attached hydrogen (secondary N) is 1. The summed E-state index contributed by atoms with van der Waals surface area (Å²) in [7, 11) is 3.13. The Bertz CT molecular complexity index is 1060. The highest BCUT2D eigenvalue weighted by Crippen LogP contribution is 2.29. The van der Waals surface area contributed by atoms with Gasteiger partial charge in [0.1, 0.15) is 29.6 Å². The third kappa shape index (κ3) is 5.33. The number of carbonyl (C=O) groups is 1. The first kappa shape index (κ1) is 21.7. The number of nitro benzene ring substituents is 1. The van der Waals surface area contributed by atoms with Crippen molar-refractivity contribution in [2.24, 2.45) is 0 Å². The van der Waals surface area contributed by atoms with Gasteiger partial charge in [0.15, 0.2) is 5.76 Å². The maximum Gasteiger partial charge on any atom is 0.287 e. The average Bonchev–Trinajstić information content (AvgIpc) is 3.26. The summed E-state index contributed by atoms with van der Waals surface area (Å²) < 4.78 is 21.7. The molecule has 0 radical (unpaired) electrons. The number of furan rings is 1. The molecule has 1 N–H and O–H groups in total. The lowest BCUT2D eigenvalue weighted by Gasteiger charge is -2.17. The van der Waals surface area contributed by atoms with Gasteiger partial charge in [0.05, 0.1) is 25.2 Å². The normalized spacial score (nSPS) is 11.5. The number of rotatable bonds is 9. The Balaban J connectivity index is 1.61. The molecule has 1 amide bonds. The smallest absolute Gasteiger partial charge is 0.287 e. The van der Waals surface area contributed by atoms with E-state index in [2.05, 4.69) is 5.32 Å². The molecule has 162 valence electrons. The fraction of sp³-hybridized carbons (Fsp3) is 0.227. The first-order valence-corrected chi connectivity index (χ1v) is 9.40. The topological polar surface area (TPSA) is 113 Å². The van der Waals surface area contributed by atoms with Crippen LogP contribution in [0.25, 0.3) is 0 Å². The van der Waals surface area contributed by atoms with Crippen molar-refractivity contribution in [3.63, 3.8) is 0 Å². The highest BCUT2D eigenvalue weighted by molar-refractivity contribution is 5.91. The standard InChI is InChI=1S/C22H22N2O7/c1-14(19-12-17(28-2)8-10-20(19)29-3)23-22(25)21-11-9-18(31-21)13-30-16-6-4-15(5-7-16)24(26)27/h4-12,14H,13H2,1-3H3,(H,23,25). The van der Waals surface area contributed by atoms with E-state index < -0.39 is 4.92 Å². The fourth-order valence-electron chi connectivity index (χ4n) is 2.92. The van der Waals surface area contributed by atoms with Crippen LogP contribution in [0, 0.1) is 10.1 Å². The zero-order valence-corrected chi connectivity index (χ0v) is 17.3. The molecule has 1 heterocycles. The SMILES string of the molecule is COc1ccc(OC)c(C(C)NC(=O)c2ccc(COc3ccc([N+](=O)[O-])cc3)o2)c1. The second kappa shape index (κ2) is 9.66. The molecule has 3 rings (SSSR count). The second-order valence-corrected chi connectivity index (χ2v) is 6.61. The number of amides is 1. The number of benzene rings is 2. The fourth-order valence-corrected chi connectivity index (χ4v) is 2.92. The number of ether oxygens (including phenoxy) is 3. The van der Waals surface area contributed by atoms with Gasteiger partial charge in [-0.25, -0.2) is 0 Å². The molecule has 0 saturated heterocycles. The van der Waals surface area contributed by atoms with Crippen LogP contribution >= 0.6 is 0 Å². The van der Waals surface area contributed by atoms with Crippen LogP contribution in [-0.4, -0.2) is 25.1 Å². The van der Waals surface area contributed by atoms with E-state index in [-0.39, 0.29) is 30.0 Å². The van der Waals surface area contributed by atoms with Gasteiger partial charge < -0.3 is 23.9 Å². The monoisotopic (exact) mass is 426 g/mol. The molecular formula is C22H22N2O7. The van der Waals surface area contributed by atoms with Gasteiger partial charge in [0, 0.05) is 17.7 Å². The lowest BCUT2D eigenvalue weighted by Crippen LogP contribution is -2.26. The molecule has 0 aliphatic heterocycles. The van der Waals surface area contributed by atoms with Crippen molar-refractivity contribution in [1.29, 1.82) is 0 Å². The lowest BCUT2D eigenvalue weighted by molar-refractivity contribution is -0.384. The van der Waals surface area contributed by atoms with E-state index in [4.69, 9.17) is 18.6 Å². The maximum atomic E-state index is 12.6. The zero-order chi connectivity index (χ0) is 22.4. The van der Waals surface area contributed by atoms with Crippen molar-refractivity contribution in [3.05, 3.63) is 81.8 Å². The van der Waals surface area contributed by atoms with Gasteiger partial charge in [-0.3, -0.25) is 14.9 Å². The largest absolute Gasteiger partial charge is 0.497 e. The van der Waals surface area contributed by atoms with Crippen LogP contribution < -0.4 is 19.5 Å². The number of carbonyl (C=O) groups excluding carboxylic acids is 1. The van der Waals surface area contributed by atoms with Crippen LogP contribution in [0.4, 0.5) is 5.69 Å². The van der Waals surface area contributed by atoms with Crippen LogP contribution in [0.1, 0.15) is 34.8 Å². The molecule has 0 fully saturated rings. The molecule has 9 nitrogen and oxygen atoms in total. The van der Waals surface area contributed by atoms with Crippen molar-refractivity contribution in [2.75, 3.05) is 14.2 Å². The summed E-state index contributed by atoms with van der Waals surface area (Å²) in [5.41, 5.74) is 0.745. The Morgan fingerprint density at radius 2 is 1.77 bits per heavy atom. The van der Waals surface area contributed by atoms with Crippen LogP contribution in [-0.2, 0) is 6.61 Å². The second-order valence-electron chi connectivity index (χ2n) is 6.61. The van der Waals surface area contributed by atoms with Crippen molar-refractivity contribution in [1.82, 2.24) is 5.32 Å². The molecule has 9 heteroatoms. The first-order valence-electron chi connectivity index (χ1n) is 9.40. The molecule has 3 aromatic rings. The lowest BCUT2D eigenvalue weighted by atomic mass is 10.1. The molecule has 0 bridgehead atoms. The van der Waals surface area contributed by atoms with Gasteiger partial charge in [-0.1, -0.05) is 0 Å². The Hall–Kier alpha value is -4.01. The summed E-state index contributed by atoms with van der Waals surface area (Å²) in [6.45, 7) is 1.90. The minimum atomic E-state index is -0.483. The highest BCUT2D eigenvalue weighted by atomic mass is 16.6. The molecular weight excluding hydrogens is 404 g/mol. The van der Waals surface area contributed by atoms with E-state index in [0.717, 1.165) is 5.56 Å². The van der Waals surface area contributed by atoms with Crippen LogP contribution in [0.3, 0.4) is 0 Å². The Labute approximate surface area is 178 Å². The van der Waals surface area contributed by atoms with E-state index in [1.54, 1.807) is 44.6 Å². The summed E-state index contributed by atoms with van der Waals surface area (Å²) >= 11 is 0. The van der Waals surface area contributed by atoms with E-state index in [0.29, 0.717) is 23.0 Å². The van der Waals surface area contributed by atoms with Gasteiger partial charge in [-0.2, -0.15) is 0 Å². The van der Waals surface area contributed by atoms with Gasteiger partial charge in [-0.15, -0.1) is 0 Å². The number of hydrogen-bond acceptors (Lipinski definition) is 7. The Kier molecular flexibility index (Phi) is 6.76. The number of hydrogen-bond donors (Lipinski definition) is 1. The molecule has 0 spiro atoms. The predicted molar refractivity (Wildman–Crippen MR) is 112 cm³/mol. The molecule has 0 aliphatic carbocycles. The van der Waals surface area contributed by atoms with Crippen LogP contribution in [0.5, 0.6) is 17.2 Å². The van der Waals surface area contributed by atoms with E-state index in [1.807, 2.05) is 6.92 Å². The number of nitro groups is 1. The summed E-state index contributed by atoms with van der Waals surface area (Å²) in [6, 6.07) is 13.9. The molecule has 0 saturated carbocycles. The molecule has 1 atom stereocenters. The van der Waals surface area contributed by atoms with Gasteiger partial charge in [0.2, 0.25) is 0 Å².